The van der Waals surface area contributed by atoms with E-state index in [0.29, 0.717) is 19.0 Å². The third-order valence-electron chi connectivity index (χ3n) is 6.23. The number of amides is 2. The van der Waals surface area contributed by atoms with Gasteiger partial charge in [-0.2, -0.15) is 5.10 Å². The number of carbonyl (C=O) groups is 1. The fourth-order valence-corrected chi connectivity index (χ4v) is 4.70. The Hall–Kier alpha value is -3.15. The van der Waals surface area contributed by atoms with Crippen LogP contribution in [0.15, 0.2) is 54.9 Å². The smallest absolute Gasteiger partial charge is 0.317 e. The summed E-state index contributed by atoms with van der Waals surface area (Å²) >= 11 is 0. The van der Waals surface area contributed by atoms with Gasteiger partial charge in [-0.25, -0.2) is 4.79 Å². The van der Waals surface area contributed by atoms with Gasteiger partial charge in [0.2, 0.25) is 0 Å². The molecule has 2 amide bonds. The second-order valence-corrected chi connectivity index (χ2v) is 7.94. The van der Waals surface area contributed by atoms with Crippen molar-refractivity contribution in [1.82, 2.24) is 25.4 Å². The van der Waals surface area contributed by atoms with Gasteiger partial charge in [-0.1, -0.05) is 36.8 Å². The molecule has 2 aromatic heterocycles. The molecule has 148 valence electrons. The average molecular weight is 387 g/mol. The maximum Gasteiger partial charge on any atom is 0.317 e. The summed E-state index contributed by atoms with van der Waals surface area (Å²) in [5.74, 6) is 0.404. The van der Waals surface area contributed by atoms with Gasteiger partial charge in [0.15, 0.2) is 0 Å². The van der Waals surface area contributed by atoms with E-state index in [4.69, 9.17) is 0 Å². The molecule has 29 heavy (non-hydrogen) atoms. The van der Waals surface area contributed by atoms with Crippen LogP contribution in [0.3, 0.4) is 0 Å². The van der Waals surface area contributed by atoms with Crippen LogP contribution in [-0.4, -0.2) is 38.7 Å². The van der Waals surface area contributed by atoms with Gasteiger partial charge in [-0.05, 0) is 30.5 Å². The van der Waals surface area contributed by atoms with E-state index < -0.39 is 0 Å². The number of nitrogens with zero attached hydrogens (tertiary/aromatic N) is 3. The molecule has 1 saturated carbocycles. The molecule has 0 saturated heterocycles. The van der Waals surface area contributed by atoms with Crippen LogP contribution in [0.4, 0.5) is 4.79 Å². The van der Waals surface area contributed by atoms with E-state index in [9.17, 15) is 4.79 Å². The highest BCUT2D eigenvalue weighted by molar-refractivity contribution is 5.76. The van der Waals surface area contributed by atoms with Gasteiger partial charge in [0.1, 0.15) is 0 Å². The van der Waals surface area contributed by atoms with Gasteiger partial charge in [0, 0.05) is 54.1 Å². The summed E-state index contributed by atoms with van der Waals surface area (Å²) in [5.41, 5.74) is 5.51. The largest absolute Gasteiger partial charge is 0.335 e. The molecule has 2 N–H and O–H groups in total. The van der Waals surface area contributed by atoms with Crippen LogP contribution in [0.1, 0.15) is 42.0 Å². The highest BCUT2D eigenvalue weighted by Crippen LogP contribution is 2.35. The summed E-state index contributed by atoms with van der Waals surface area (Å²) < 4.78 is 0. The lowest BCUT2D eigenvalue weighted by atomic mass is 9.94. The van der Waals surface area contributed by atoms with Crippen molar-refractivity contribution in [2.45, 2.75) is 44.2 Å². The molecule has 6 heteroatoms. The maximum absolute atomic E-state index is 13.1. The number of urea groups is 1. The van der Waals surface area contributed by atoms with Gasteiger partial charge < -0.3 is 10.2 Å². The topological polar surface area (TPSA) is 73.9 Å². The van der Waals surface area contributed by atoms with E-state index in [2.05, 4.69) is 44.8 Å². The van der Waals surface area contributed by atoms with Gasteiger partial charge in [0.05, 0.1) is 12.2 Å². The predicted molar refractivity (Wildman–Crippen MR) is 111 cm³/mol. The molecular weight excluding hydrogens is 362 g/mol. The van der Waals surface area contributed by atoms with Gasteiger partial charge in [0.25, 0.3) is 0 Å². The Morgan fingerprint density at radius 1 is 1.10 bits per heavy atom. The molecule has 1 aliphatic heterocycles. The molecule has 0 unspecified atom stereocenters. The van der Waals surface area contributed by atoms with Gasteiger partial charge >= 0.3 is 6.03 Å². The standard InChI is InChI=1S/C23H25N5O/c29-23(25-20-8-4-7-18(20)16-5-2-1-3-6-16)28-14-11-21-19(15-28)22(27-26-21)17-9-12-24-13-10-17/h1-3,5-6,9-10,12-13,18,20H,4,7-8,11,14-15H2,(H,25,29)(H,26,27)/t18-,20+/m1/s1. The second-order valence-electron chi connectivity index (χ2n) is 7.94. The van der Waals surface area contributed by atoms with Crippen molar-refractivity contribution < 1.29 is 4.79 Å². The number of hydrogen-bond acceptors (Lipinski definition) is 3. The molecule has 1 aromatic carbocycles. The molecule has 0 bridgehead atoms. The Balaban J connectivity index is 1.31. The van der Waals surface area contributed by atoms with Gasteiger partial charge in [-0.15, -0.1) is 0 Å². The number of nitrogens with one attached hydrogen (secondary N) is 2. The van der Waals surface area contributed by atoms with E-state index in [0.717, 1.165) is 48.2 Å². The number of pyridine rings is 1. The zero-order chi connectivity index (χ0) is 19.6. The third kappa shape index (κ3) is 3.50. The van der Waals surface area contributed by atoms with Crippen LogP contribution in [0.25, 0.3) is 11.3 Å². The number of H-pyrrole nitrogens is 1. The second kappa shape index (κ2) is 7.70. The maximum atomic E-state index is 13.1. The summed E-state index contributed by atoms with van der Waals surface area (Å²) in [7, 11) is 0. The number of benzene rings is 1. The first-order chi connectivity index (χ1) is 14.3. The first-order valence-electron chi connectivity index (χ1n) is 10.4. The molecule has 0 radical (unpaired) electrons. The number of carbonyl (C=O) groups excluding carboxylic acids is 1. The zero-order valence-corrected chi connectivity index (χ0v) is 16.3. The first kappa shape index (κ1) is 17.9. The lowest BCUT2D eigenvalue weighted by Crippen LogP contribution is -2.47. The summed E-state index contributed by atoms with van der Waals surface area (Å²) in [6.45, 7) is 1.29. The number of rotatable bonds is 3. The van der Waals surface area contributed by atoms with Crippen molar-refractivity contribution in [2.75, 3.05) is 6.54 Å². The number of hydrogen-bond donors (Lipinski definition) is 2. The summed E-state index contributed by atoms with van der Waals surface area (Å²) in [4.78, 5) is 19.1. The van der Waals surface area contributed by atoms with Crippen molar-refractivity contribution in [2.24, 2.45) is 0 Å². The summed E-state index contributed by atoms with van der Waals surface area (Å²) in [5, 5.41) is 11.0. The fourth-order valence-electron chi connectivity index (χ4n) is 4.70. The zero-order valence-electron chi connectivity index (χ0n) is 16.3. The summed E-state index contributed by atoms with van der Waals surface area (Å²) in [6.07, 6.45) is 7.67. The van der Waals surface area contributed by atoms with Crippen LogP contribution < -0.4 is 5.32 Å². The van der Waals surface area contributed by atoms with Crippen molar-refractivity contribution in [1.29, 1.82) is 0 Å². The Kier molecular flexibility index (Phi) is 4.76. The monoisotopic (exact) mass is 387 g/mol. The molecule has 2 atom stereocenters. The first-order valence-corrected chi connectivity index (χ1v) is 10.4. The number of fused-ring (bicyclic) bond motifs is 1. The predicted octanol–water partition coefficient (Wildman–Crippen LogP) is 3.88. The number of aromatic nitrogens is 3. The van der Waals surface area contributed by atoms with Gasteiger partial charge in [-0.3, -0.25) is 10.1 Å². The minimum Gasteiger partial charge on any atom is -0.335 e. The van der Waals surface area contributed by atoms with Crippen molar-refractivity contribution in [3.8, 4) is 11.3 Å². The third-order valence-corrected chi connectivity index (χ3v) is 6.23. The molecule has 2 aliphatic rings. The normalized spacial score (nSPS) is 21.0. The van der Waals surface area contributed by atoms with E-state index in [1.807, 2.05) is 23.1 Å². The molecular formula is C23H25N5O. The quantitative estimate of drug-likeness (QED) is 0.716. The summed E-state index contributed by atoms with van der Waals surface area (Å²) in [6, 6.07) is 14.7. The van der Waals surface area contributed by atoms with E-state index in [1.165, 1.54) is 5.56 Å². The molecule has 3 heterocycles. The Labute approximate surface area is 170 Å². The Bertz CT molecular complexity index is 985. The molecule has 0 spiro atoms. The number of aromatic amines is 1. The van der Waals surface area contributed by atoms with Crippen LogP contribution >= 0.6 is 0 Å². The molecule has 1 fully saturated rings. The molecule has 1 aliphatic carbocycles. The molecule has 6 nitrogen and oxygen atoms in total. The minimum atomic E-state index is 0.0327. The van der Waals surface area contributed by atoms with Crippen molar-refractivity contribution in [3.05, 3.63) is 71.7 Å². The lowest BCUT2D eigenvalue weighted by Gasteiger charge is -2.30. The SMILES string of the molecule is O=C(N[C@H]1CCC[C@@H]1c1ccccc1)N1CCc2[nH]nc(-c3ccncc3)c2C1. The minimum absolute atomic E-state index is 0.0327. The highest BCUT2D eigenvalue weighted by atomic mass is 16.2. The van der Waals surface area contributed by atoms with E-state index in [1.54, 1.807) is 12.4 Å². The Morgan fingerprint density at radius 2 is 1.93 bits per heavy atom. The molecule has 5 rings (SSSR count). The van der Waals surface area contributed by atoms with E-state index >= 15 is 0 Å². The Morgan fingerprint density at radius 3 is 2.76 bits per heavy atom. The lowest BCUT2D eigenvalue weighted by molar-refractivity contribution is 0.187. The fraction of sp³-hybridized carbons (Fsp3) is 0.348. The highest BCUT2D eigenvalue weighted by Gasteiger charge is 2.32. The average Bonchev–Trinajstić information content (AvgIpc) is 3.41. The van der Waals surface area contributed by atoms with E-state index in [-0.39, 0.29) is 12.1 Å². The van der Waals surface area contributed by atoms with Crippen molar-refractivity contribution in [3.63, 3.8) is 0 Å². The van der Waals surface area contributed by atoms with Crippen LogP contribution in [-0.2, 0) is 13.0 Å². The van der Waals surface area contributed by atoms with Crippen LogP contribution in [0.5, 0.6) is 0 Å². The molecule has 3 aromatic rings. The van der Waals surface area contributed by atoms with Crippen LogP contribution in [0, 0.1) is 0 Å². The van der Waals surface area contributed by atoms with Crippen LogP contribution in [0.2, 0.25) is 0 Å². The van der Waals surface area contributed by atoms with Crippen molar-refractivity contribution >= 4 is 6.03 Å².